The van der Waals surface area contributed by atoms with Crippen molar-refractivity contribution in [3.05, 3.63) is 41.2 Å². The molecule has 0 aromatic heterocycles. The quantitative estimate of drug-likeness (QED) is 0.753. The van der Waals surface area contributed by atoms with E-state index in [4.69, 9.17) is 4.55 Å². The van der Waals surface area contributed by atoms with Gasteiger partial charge in [0, 0.05) is 6.42 Å². The highest BCUT2D eigenvalue weighted by atomic mass is 32.3. The van der Waals surface area contributed by atoms with Gasteiger partial charge < -0.3 is 4.18 Å². The molecular formula is C9H8O4S. The summed E-state index contributed by atoms with van der Waals surface area (Å²) in [4.78, 5) is 0. The van der Waals surface area contributed by atoms with E-state index in [-0.39, 0.29) is 5.76 Å². The van der Waals surface area contributed by atoms with Gasteiger partial charge in [-0.05, 0) is 17.2 Å². The van der Waals surface area contributed by atoms with E-state index >= 15 is 0 Å². The molecule has 0 aliphatic heterocycles. The molecule has 0 saturated carbocycles. The van der Waals surface area contributed by atoms with Crippen LogP contribution in [0.15, 0.2) is 30.0 Å². The topological polar surface area (TPSA) is 63.6 Å². The summed E-state index contributed by atoms with van der Waals surface area (Å²) in [5, 5.41) is 0. The second-order valence-corrected chi connectivity index (χ2v) is 4.02. The Hall–Kier alpha value is -1.33. The smallest absolute Gasteiger partial charge is 0.366 e. The summed E-state index contributed by atoms with van der Waals surface area (Å²) in [6, 6.07) is 7.46. The fourth-order valence-electron chi connectivity index (χ4n) is 1.44. The third-order valence-corrected chi connectivity index (χ3v) is 2.37. The van der Waals surface area contributed by atoms with Crippen LogP contribution in [0.25, 0.3) is 6.08 Å². The van der Waals surface area contributed by atoms with Gasteiger partial charge in [0.2, 0.25) is 0 Å². The average Bonchev–Trinajstić information content (AvgIpc) is 2.42. The standard InChI is InChI=1S/C9H8O4S/c10-14(11,12)13-9-5-7-3-1-2-4-8(7)6-9/h1-5H,6H2,(H,10,11,12). The average molecular weight is 212 g/mol. The predicted molar refractivity (Wildman–Crippen MR) is 50.8 cm³/mol. The predicted octanol–water partition coefficient (Wildman–Crippen LogP) is 1.40. The maximum absolute atomic E-state index is 10.4. The first kappa shape index (κ1) is 9.23. The lowest BCUT2D eigenvalue weighted by atomic mass is 10.1. The lowest BCUT2D eigenvalue weighted by Gasteiger charge is -2.00. The SMILES string of the molecule is O=S(=O)(O)OC1=Cc2ccccc2C1. The summed E-state index contributed by atoms with van der Waals surface area (Å²) in [5.41, 5.74) is 1.91. The van der Waals surface area contributed by atoms with Gasteiger partial charge in [-0.3, -0.25) is 4.55 Å². The Labute approximate surface area is 81.8 Å². The minimum Gasteiger partial charge on any atom is -0.366 e. The van der Waals surface area contributed by atoms with Crippen LogP contribution >= 0.6 is 0 Å². The third-order valence-electron chi connectivity index (χ3n) is 1.95. The second kappa shape index (κ2) is 3.11. The Morgan fingerprint density at radius 2 is 2.00 bits per heavy atom. The molecule has 0 atom stereocenters. The van der Waals surface area contributed by atoms with Crippen molar-refractivity contribution < 1.29 is 17.2 Å². The summed E-state index contributed by atoms with van der Waals surface area (Å²) < 4.78 is 33.7. The number of allylic oxidation sites excluding steroid dienone is 1. The molecule has 1 aromatic carbocycles. The van der Waals surface area contributed by atoms with Crippen LogP contribution in [0.4, 0.5) is 0 Å². The normalized spacial score (nSPS) is 14.8. The van der Waals surface area contributed by atoms with E-state index in [0.717, 1.165) is 11.1 Å². The van der Waals surface area contributed by atoms with Crippen LogP contribution < -0.4 is 0 Å². The molecule has 1 aliphatic carbocycles. The zero-order valence-electron chi connectivity index (χ0n) is 7.17. The highest BCUT2D eigenvalue weighted by molar-refractivity contribution is 7.81. The molecule has 0 bridgehead atoms. The van der Waals surface area contributed by atoms with Crippen molar-refractivity contribution in [1.29, 1.82) is 0 Å². The van der Waals surface area contributed by atoms with Crippen molar-refractivity contribution in [3.63, 3.8) is 0 Å². The van der Waals surface area contributed by atoms with Crippen LogP contribution in [0, 0.1) is 0 Å². The van der Waals surface area contributed by atoms with E-state index in [1.54, 1.807) is 6.08 Å². The maximum atomic E-state index is 10.4. The highest BCUT2D eigenvalue weighted by Crippen LogP contribution is 2.25. The molecule has 1 aliphatic rings. The number of fused-ring (bicyclic) bond motifs is 1. The van der Waals surface area contributed by atoms with Crippen molar-refractivity contribution >= 4 is 16.5 Å². The molecule has 1 aromatic rings. The minimum atomic E-state index is -4.39. The lowest BCUT2D eigenvalue weighted by molar-refractivity contribution is 0.331. The van der Waals surface area contributed by atoms with Gasteiger partial charge >= 0.3 is 10.4 Å². The number of rotatable bonds is 2. The maximum Gasteiger partial charge on any atom is 0.446 e. The van der Waals surface area contributed by atoms with Gasteiger partial charge in [0.25, 0.3) is 0 Å². The van der Waals surface area contributed by atoms with Crippen LogP contribution in [0.1, 0.15) is 11.1 Å². The molecule has 1 N–H and O–H groups in total. The zero-order valence-corrected chi connectivity index (χ0v) is 7.99. The van der Waals surface area contributed by atoms with Gasteiger partial charge in [0.1, 0.15) is 5.76 Å². The van der Waals surface area contributed by atoms with Crippen LogP contribution in [-0.2, 0) is 21.0 Å². The molecule has 2 rings (SSSR count). The van der Waals surface area contributed by atoms with Crippen molar-refractivity contribution in [2.45, 2.75) is 6.42 Å². The molecule has 0 saturated heterocycles. The van der Waals surface area contributed by atoms with Gasteiger partial charge in [-0.25, -0.2) is 0 Å². The lowest BCUT2D eigenvalue weighted by Crippen LogP contribution is -2.03. The van der Waals surface area contributed by atoms with Crippen LogP contribution in [-0.4, -0.2) is 13.0 Å². The highest BCUT2D eigenvalue weighted by Gasteiger charge is 2.17. The Balaban J connectivity index is 2.24. The van der Waals surface area contributed by atoms with Crippen LogP contribution in [0.5, 0.6) is 0 Å². The Morgan fingerprint density at radius 1 is 1.29 bits per heavy atom. The summed E-state index contributed by atoms with van der Waals surface area (Å²) in [6.07, 6.45) is 2.00. The molecule has 14 heavy (non-hydrogen) atoms. The Morgan fingerprint density at radius 3 is 2.64 bits per heavy atom. The van der Waals surface area contributed by atoms with Crippen molar-refractivity contribution in [1.82, 2.24) is 0 Å². The molecule has 5 heteroatoms. The first-order chi connectivity index (χ1) is 6.54. The largest absolute Gasteiger partial charge is 0.446 e. The van der Waals surface area contributed by atoms with Gasteiger partial charge in [-0.2, -0.15) is 8.42 Å². The van der Waals surface area contributed by atoms with Crippen LogP contribution in [0.2, 0.25) is 0 Å². The molecule has 0 amide bonds. The van der Waals surface area contributed by atoms with Gasteiger partial charge in [0.05, 0.1) is 0 Å². The molecule has 4 nitrogen and oxygen atoms in total. The van der Waals surface area contributed by atoms with Gasteiger partial charge in [-0.1, -0.05) is 24.3 Å². The second-order valence-electron chi connectivity index (χ2n) is 3.00. The number of hydrogen-bond donors (Lipinski definition) is 1. The molecule has 0 radical (unpaired) electrons. The third kappa shape index (κ3) is 1.94. The number of hydrogen-bond acceptors (Lipinski definition) is 3. The van der Waals surface area contributed by atoms with Gasteiger partial charge in [0.15, 0.2) is 0 Å². The molecule has 74 valence electrons. The minimum absolute atomic E-state index is 0.244. The van der Waals surface area contributed by atoms with Crippen molar-refractivity contribution in [2.24, 2.45) is 0 Å². The van der Waals surface area contributed by atoms with E-state index in [0.29, 0.717) is 6.42 Å². The molecular weight excluding hydrogens is 204 g/mol. The number of benzene rings is 1. The molecule has 0 unspecified atom stereocenters. The fourth-order valence-corrected chi connectivity index (χ4v) is 1.81. The van der Waals surface area contributed by atoms with E-state index in [9.17, 15) is 8.42 Å². The summed E-state index contributed by atoms with van der Waals surface area (Å²) >= 11 is 0. The van der Waals surface area contributed by atoms with Gasteiger partial charge in [-0.15, -0.1) is 0 Å². The Bertz CT molecular complexity index is 487. The summed E-state index contributed by atoms with van der Waals surface area (Å²) in [7, 11) is -4.39. The van der Waals surface area contributed by atoms with Crippen molar-refractivity contribution in [3.8, 4) is 0 Å². The summed E-state index contributed by atoms with van der Waals surface area (Å²) in [5.74, 6) is 0.244. The Kier molecular flexibility index (Phi) is 2.05. The molecule has 0 heterocycles. The fraction of sp³-hybridized carbons (Fsp3) is 0.111. The van der Waals surface area contributed by atoms with E-state index in [1.807, 2.05) is 24.3 Å². The summed E-state index contributed by atoms with van der Waals surface area (Å²) in [6.45, 7) is 0. The molecule has 0 spiro atoms. The molecule has 0 fully saturated rings. The van der Waals surface area contributed by atoms with Crippen molar-refractivity contribution in [2.75, 3.05) is 0 Å². The van der Waals surface area contributed by atoms with E-state index < -0.39 is 10.4 Å². The first-order valence-corrected chi connectivity index (χ1v) is 5.36. The zero-order chi connectivity index (χ0) is 10.2. The van der Waals surface area contributed by atoms with Crippen LogP contribution in [0.3, 0.4) is 0 Å². The first-order valence-electron chi connectivity index (χ1n) is 4.00. The monoisotopic (exact) mass is 212 g/mol. The van der Waals surface area contributed by atoms with E-state index in [1.165, 1.54) is 0 Å². The van der Waals surface area contributed by atoms with E-state index in [2.05, 4.69) is 4.18 Å².